The molecule has 0 aliphatic carbocycles. The first-order valence-corrected chi connectivity index (χ1v) is 7.94. The topological polar surface area (TPSA) is 0 Å². The lowest BCUT2D eigenvalue weighted by Gasteiger charge is -2.14. The smallest absolute Gasteiger partial charge is 0.130 e. The number of halogens is 2. The molecule has 3 aromatic carbocycles. The lowest BCUT2D eigenvalue weighted by molar-refractivity contribution is 0.599. The van der Waals surface area contributed by atoms with Crippen LogP contribution in [-0.2, 0) is 6.42 Å². The highest BCUT2D eigenvalue weighted by molar-refractivity contribution is 9.09. The van der Waals surface area contributed by atoms with Crippen molar-refractivity contribution >= 4 is 26.7 Å². The van der Waals surface area contributed by atoms with Crippen molar-refractivity contribution in [2.45, 2.75) is 18.2 Å². The van der Waals surface area contributed by atoms with Crippen LogP contribution in [0.15, 0.2) is 60.7 Å². The second-order valence-electron chi connectivity index (χ2n) is 5.29. The molecule has 2 heteroatoms. The molecular weight excluding hydrogens is 327 g/mol. The van der Waals surface area contributed by atoms with Gasteiger partial charge in [-0.25, -0.2) is 4.39 Å². The van der Waals surface area contributed by atoms with Gasteiger partial charge in [0.1, 0.15) is 5.82 Å². The quantitative estimate of drug-likeness (QED) is 0.514. The van der Waals surface area contributed by atoms with Crippen LogP contribution in [-0.4, -0.2) is 0 Å². The largest absolute Gasteiger partial charge is 0.206 e. The first-order chi connectivity index (χ1) is 10.2. The van der Waals surface area contributed by atoms with Gasteiger partial charge in [-0.15, -0.1) is 0 Å². The molecule has 21 heavy (non-hydrogen) atoms. The highest BCUT2D eigenvalue weighted by Crippen LogP contribution is 2.32. The number of rotatable bonds is 3. The van der Waals surface area contributed by atoms with E-state index in [0.29, 0.717) is 5.56 Å². The molecule has 0 radical (unpaired) electrons. The summed E-state index contributed by atoms with van der Waals surface area (Å²) < 4.78 is 14.2. The number of hydrogen-bond donors (Lipinski definition) is 0. The third-order valence-corrected chi connectivity index (χ3v) is 4.66. The Balaban J connectivity index is 1.97. The highest BCUT2D eigenvalue weighted by Gasteiger charge is 2.15. The van der Waals surface area contributed by atoms with Gasteiger partial charge in [0.25, 0.3) is 0 Å². The van der Waals surface area contributed by atoms with Gasteiger partial charge in [0.2, 0.25) is 0 Å². The van der Waals surface area contributed by atoms with Gasteiger partial charge in [0, 0.05) is 10.4 Å². The first kappa shape index (κ1) is 14.3. The maximum absolute atomic E-state index is 14.2. The fourth-order valence-electron chi connectivity index (χ4n) is 2.69. The third-order valence-electron chi connectivity index (χ3n) is 3.84. The van der Waals surface area contributed by atoms with Crippen LogP contribution >= 0.6 is 15.9 Å². The van der Waals surface area contributed by atoms with E-state index in [1.165, 1.54) is 16.3 Å². The van der Waals surface area contributed by atoms with Crippen LogP contribution in [0.5, 0.6) is 0 Å². The van der Waals surface area contributed by atoms with E-state index < -0.39 is 0 Å². The third kappa shape index (κ3) is 2.86. The molecule has 0 spiro atoms. The van der Waals surface area contributed by atoms with Gasteiger partial charge >= 0.3 is 0 Å². The molecule has 0 bridgehead atoms. The van der Waals surface area contributed by atoms with Gasteiger partial charge in [-0.2, -0.15) is 0 Å². The number of benzene rings is 3. The molecule has 0 saturated heterocycles. The van der Waals surface area contributed by atoms with Crippen molar-refractivity contribution in [2.24, 2.45) is 0 Å². The summed E-state index contributed by atoms with van der Waals surface area (Å²) in [6, 6.07) is 20.2. The van der Waals surface area contributed by atoms with Crippen molar-refractivity contribution < 1.29 is 4.39 Å². The zero-order valence-corrected chi connectivity index (χ0v) is 13.4. The van der Waals surface area contributed by atoms with Crippen LogP contribution in [0.4, 0.5) is 4.39 Å². The minimum Gasteiger partial charge on any atom is -0.206 e. The van der Waals surface area contributed by atoms with E-state index in [0.717, 1.165) is 12.0 Å². The predicted octanol–water partition coefficient (Wildman–Crippen LogP) is 5.97. The Kier molecular flexibility index (Phi) is 4.07. The van der Waals surface area contributed by atoms with E-state index in [-0.39, 0.29) is 10.6 Å². The fraction of sp³-hybridized carbons (Fsp3) is 0.158. The van der Waals surface area contributed by atoms with Crippen LogP contribution in [0.2, 0.25) is 0 Å². The summed E-state index contributed by atoms with van der Waals surface area (Å²) in [5, 5.41) is 2.46. The van der Waals surface area contributed by atoms with Crippen LogP contribution < -0.4 is 0 Å². The Morgan fingerprint density at radius 2 is 1.67 bits per heavy atom. The molecule has 1 unspecified atom stereocenters. The van der Waals surface area contributed by atoms with Crippen molar-refractivity contribution in [3.63, 3.8) is 0 Å². The summed E-state index contributed by atoms with van der Waals surface area (Å²) in [6.07, 6.45) is 0.766. The van der Waals surface area contributed by atoms with Crippen LogP contribution in [0.1, 0.15) is 21.5 Å². The van der Waals surface area contributed by atoms with E-state index in [1.54, 1.807) is 13.0 Å². The van der Waals surface area contributed by atoms with Crippen LogP contribution in [0.3, 0.4) is 0 Å². The van der Waals surface area contributed by atoms with E-state index in [4.69, 9.17) is 0 Å². The van der Waals surface area contributed by atoms with Gasteiger partial charge in [0.05, 0.1) is 0 Å². The van der Waals surface area contributed by atoms with Gasteiger partial charge in [-0.1, -0.05) is 76.6 Å². The number of alkyl halides is 1. The van der Waals surface area contributed by atoms with E-state index in [1.807, 2.05) is 24.3 Å². The lowest BCUT2D eigenvalue weighted by Crippen LogP contribution is -2.00. The molecule has 0 N–H and O–H groups in total. The maximum atomic E-state index is 14.2. The number of aryl methyl sites for hydroxylation is 1. The normalized spacial score (nSPS) is 12.5. The lowest BCUT2D eigenvalue weighted by atomic mass is 9.97. The van der Waals surface area contributed by atoms with E-state index in [9.17, 15) is 4.39 Å². The van der Waals surface area contributed by atoms with Crippen molar-refractivity contribution in [2.75, 3.05) is 0 Å². The molecule has 0 aromatic heterocycles. The molecule has 0 aliphatic rings. The second-order valence-corrected chi connectivity index (χ2v) is 6.39. The standard InChI is InChI=1S/C19H16BrF/c1-13-6-4-11-17(19(13)21)18(20)12-15-9-5-8-14-7-2-3-10-16(14)15/h2-11,18H,12H2,1H3. The monoisotopic (exact) mass is 342 g/mol. The van der Waals surface area contributed by atoms with Crippen LogP contribution in [0.25, 0.3) is 10.8 Å². The molecular formula is C19H16BrF. The zero-order chi connectivity index (χ0) is 14.8. The van der Waals surface area contributed by atoms with Gasteiger partial charge in [-0.3, -0.25) is 0 Å². The predicted molar refractivity (Wildman–Crippen MR) is 90.5 cm³/mol. The highest BCUT2D eigenvalue weighted by atomic mass is 79.9. The molecule has 0 fully saturated rings. The van der Waals surface area contributed by atoms with Gasteiger partial charge in [-0.05, 0) is 35.2 Å². The SMILES string of the molecule is Cc1cccc(C(Br)Cc2cccc3ccccc23)c1F. The molecule has 0 saturated carbocycles. The van der Waals surface area contributed by atoms with Crippen molar-refractivity contribution in [1.29, 1.82) is 0 Å². The summed E-state index contributed by atoms with van der Waals surface area (Å²) in [6.45, 7) is 1.80. The minimum absolute atomic E-state index is 0.0248. The summed E-state index contributed by atoms with van der Waals surface area (Å²) in [4.78, 5) is -0.0248. The van der Waals surface area contributed by atoms with Crippen molar-refractivity contribution in [3.05, 3.63) is 83.2 Å². The van der Waals surface area contributed by atoms with E-state index in [2.05, 4.69) is 46.3 Å². The Morgan fingerprint density at radius 3 is 2.52 bits per heavy atom. The molecule has 0 nitrogen and oxygen atoms in total. The average molecular weight is 343 g/mol. The molecule has 0 aliphatic heterocycles. The Labute approximate surface area is 132 Å². The summed E-state index contributed by atoms with van der Waals surface area (Å²) in [5.41, 5.74) is 2.65. The molecule has 3 rings (SSSR count). The molecule has 1 atom stereocenters. The maximum Gasteiger partial charge on any atom is 0.130 e. The molecule has 0 amide bonds. The number of fused-ring (bicyclic) bond motifs is 1. The molecule has 0 heterocycles. The van der Waals surface area contributed by atoms with Crippen molar-refractivity contribution in [3.8, 4) is 0 Å². The zero-order valence-electron chi connectivity index (χ0n) is 11.8. The summed E-state index contributed by atoms with van der Waals surface area (Å²) >= 11 is 3.65. The fourth-order valence-corrected chi connectivity index (χ4v) is 3.39. The van der Waals surface area contributed by atoms with Gasteiger partial charge in [0.15, 0.2) is 0 Å². The van der Waals surface area contributed by atoms with Crippen LogP contribution in [0, 0.1) is 12.7 Å². The Hall–Kier alpha value is -1.67. The first-order valence-electron chi connectivity index (χ1n) is 7.02. The number of hydrogen-bond acceptors (Lipinski definition) is 0. The molecule has 106 valence electrons. The summed E-state index contributed by atoms with van der Waals surface area (Å²) in [5.74, 6) is -0.111. The van der Waals surface area contributed by atoms with E-state index >= 15 is 0 Å². The average Bonchev–Trinajstić information content (AvgIpc) is 2.50. The Morgan fingerprint density at radius 1 is 0.952 bits per heavy atom. The Bertz CT molecular complexity index is 774. The molecule has 3 aromatic rings. The summed E-state index contributed by atoms with van der Waals surface area (Å²) in [7, 11) is 0. The second kappa shape index (κ2) is 5.98. The minimum atomic E-state index is -0.111. The van der Waals surface area contributed by atoms with Gasteiger partial charge < -0.3 is 0 Å². The van der Waals surface area contributed by atoms with Crippen molar-refractivity contribution in [1.82, 2.24) is 0 Å².